The quantitative estimate of drug-likeness (QED) is 0.0983. The average Bonchev–Trinajstić information content (AvgIpc) is 3.07. The van der Waals surface area contributed by atoms with Crippen LogP contribution >= 0.6 is 0 Å². The molecule has 3 aromatic carbocycles. The Morgan fingerprint density at radius 2 is 1.56 bits per heavy atom. The number of fused-ring (bicyclic) bond motifs is 3. The molecular weight excluding hydrogens is 604 g/mol. The van der Waals surface area contributed by atoms with Crippen molar-refractivity contribution in [3.63, 3.8) is 0 Å². The summed E-state index contributed by atoms with van der Waals surface area (Å²) in [7, 11) is 1.62. The van der Waals surface area contributed by atoms with Gasteiger partial charge in [0.2, 0.25) is 0 Å². The molecule has 0 N–H and O–H groups in total. The zero-order valence-electron chi connectivity index (χ0n) is 28.9. The molecule has 0 amide bonds. The second kappa shape index (κ2) is 16.1. The molecule has 0 bridgehead atoms. The molecule has 0 fully saturated rings. The minimum absolute atomic E-state index is 0.00627. The SMILES string of the molecule is CCOC(=O)c1cn2c(cc1=O)-c1cc(OC)c(OCCCOCCN(Cc3ccccc3)Cc3ccccc3)cc1CC2C(C)(C)C. The van der Waals surface area contributed by atoms with E-state index in [4.69, 9.17) is 18.9 Å². The van der Waals surface area contributed by atoms with Crippen LogP contribution in [0.1, 0.15) is 67.2 Å². The molecule has 48 heavy (non-hydrogen) atoms. The molecule has 0 radical (unpaired) electrons. The van der Waals surface area contributed by atoms with E-state index in [1.165, 1.54) is 11.1 Å². The number of carbonyl (C=O) groups excluding carboxylic acids is 1. The topological polar surface area (TPSA) is 79.2 Å². The van der Waals surface area contributed by atoms with Crippen molar-refractivity contribution in [2.75, 3.05) is 40.1 Å². The van der Waals surface area contributed by atoms with Crippen LogP contribution in [-0.4, -0.2) is 55.5 Å². The molecule has 1 aliphatic heterocycles. The molecule has 0 saturated heterocycles. The molecule has 1 aliphatic rings. The number of hydrogen-bond donors (Lipinski definition) is 0. The Morgan fingerprint density at radius 3 is 2.17 bits per heavy atom. The first-order valence-corrected chi connectivity index (χ1v) is 16.8. The van der Waals surface area contributed by atoms with Gasteiger partial charge in [-0.2, -0.15) is 0 Å². The van der Waals surface area contributed by atoms with Gasteiger partial charge in [-0.3, -0.25) is 9.69 Å². The fourth-order valence-electron chi connectivity index (χ4n) is 6.23. The van der Waals surface area contributed by atoms with Gasteiger partial charge in [-0.05, 0) is 47.6 Å². The van der Waals surface area contributed by atoms with Crippen LogP contribution in [-0.2, 0) is 29.0 Å². The molecule has 4 aromatic rings. The Hall–Kier alpha value is -4.40. The number of nitrogens with zero attached hydrogens (tertiary/aromatic N) is 2. The van der Waals surface area contributed by atoms with Crippen molar-refractivity contribution in [2.24, 2.45) is 5.41 Å². The number of aromatic nitrogens is 1. The average molecular weight is 653 g/mol. The number of rotatable bonds is 15. The number of pyridine rings is 1. The molecule has 5 rings (SSSR count). The zero-order valence-corrected chi connectivity index (χ0v) is 28.9. The van der Waals surface area contributed by atoms with Crippen LogP contribution in [0.2, 0.25) is 0 Å². The first-order valence-electron chi connectivity index (χ1n) is 16.8. The van der Waals surface area contributed by atoms with Crippen molar-refractivity contribution in [1.82, 2.24) is 9.47 Å². The van der Waals surface area contributed by atoms with Crippen LogP contribution in [0.15, 0.2) is 89.9 Å². The third-order valence-electron chi connectivity index (χ3n) is 8.73. The predicted octanol–water partition coefficient (Wildman–Crippen LogP) is 7.33. The third kappa shape index (κ3) is 8.74. The molecule has 254 valence electrons. The first-order chi connectivity index (χ1) is 23.2. The molecular formula is C40H48N2O6. The van der Waals surface area contributed by atoms with Crippen LogP contribution in [0, 0.1) is 5.41 Å². The van der Waals surface area contributed by atoms with Gasteiger partial charge in [0.15, 0.2) is 16.9 Å². The Morgan fingerprint density at radius 1 is 0.896 bits per heavy atom. The van der Waals surface area contributed by atoms with E-state index in [9.17, 15) is 9.59 Å². The van der Waals surface area contributed by atoms with Crippen LogP contribution in [0.5, 0.6) is 11.5 Å². The Balaban J connectivity index is 1.21. The van der Waals surface area contributed by atoms with Gasteiger partial charge in [-0.25, -0.2) is 4.79 Å². The first kappa shape index (κ1) is 34.9. The number of esters is 1. The van der Waals surface area contributed by atoms with Crippen molar-refractivity contribution in [3.05, 3.63) is 118 Å². The van der Waals surface area contributed by atoms with Crippen molar-refractivity contribution in [3.8, 4) is 22.8 Å². The third-order valence-corrected chi connectivity index (χ3v) is 8.73. The summed E-state index contributed by atoms with van der Waals surface area (Å²) >= 11 is 0. The van der Waals surface area contributed by atoms with E-state index in [0.29, 0.717) is 37.7 Å². The lowest BCUT2D eigenvalue weighted by Gasteiger charge is -2.39. The maximum Gasteiger partial charge on any atom is 0.343 e. The van der Waals surface area contributed by atoms with E-state index in [0.717, 1.165) is 42.9 Å². The Kier molecular flexibility index (Phi) is 11.7. The van der Waals surface area contributed by atoms with Crippen molar-refractivity contribution < 1.29 is 23.7 Å². The maximum atomic E-state index is 13.1. The summed E-state index contributed by atoms with van der Waals surface area (Å²) in [6.45, 7) is 12.7. The van der Waals surface area contributed by atoms with Gasteiger partial charge in [0.25, 0.3) is 0 Å². The summed E-state index contributed by atoms with van der Waals surface area (Å²) in [6, 6.07) is 26.6. The van der Waals surface area contributed by atoms with Gasteiger partial charge in [-0.1, -0.05) is 81.4 Å². The number of ether oxygens (including phenoxy) is 4. The van der Waals surface area contributed by atoms with Gasteiger partial charge in [0.1, 0.15) is 5.56 Å². The Bertz CT molecular complexity index is 1670. The molecule has 8 nitrogen and oxygen atoms in total. The van der Waals surface area contributed by atoms with Crippen LogP contribution in [0.3, 0.4) is 0 Å². The molecule has 1 aromatic heterocycles. The molecule has 0 saturated carbocycles. The summed E-state index contributed by atoms with van der Waals surface area (Å²) < 4.78 is 25.3. The predicted molar refractivity (Wildman–Crippen MR) is 189 cm³/mol. The van der Waals surface area contributed by atoms with Crippen molar-refractivity contribution in [1.29, 1.82) is 0 Å². The van der Waals surface area contributed by atoms with Gasteiger partial charge in [0, 0.05) is 56.5 Å². The van der Waals surface area contributed by atoms with Gasteiger partial charge < -0.3 is 23.5 Å². The molecule has 1 unspecified atom stereocenters. The minimum Gasteiger partial charge on any atom is -0.493 e. The molecule has 0 spiro atoms. The fraction of sp³-hybridized carbons (Fsp3) is 0.400. The maximum absolute atomic E-state index is 13.1. The lowest BCUT2D eigenvalue weighted by Crippen LogP contribution is -2.33. The normalized spacial score (nSPS) is 13.9. The highest BCUT2D eigenvalue weighted by molar-refractivity contribution is 5.89. The lowest BCUT2D eigenvalue weighted by molar-refractivity contribution is 0.0523. The second-order valence-corrected chi connectivity index (χ2v) is 13.3. The van der Waals surface area contributed by atoms with Crippen LogP contribution in [0.25, 0.3) is 11.3 Å². The second-order valence-electron chi connectivity index (χ2n) is 13.3. The van der Waals surface area contributed by atoms with Gasteiger partial charge >= 0.3 is 5.97 Å². The molecule has 0 aliphatic carbocycles. The summed E-state index contributed by atoms with van der Waals surface area (Å²) in [5.41, 5.74) is 4.83. The summed E-state index contributed by atoms with van der Waals surface area (Å²) in [5, 5.41) is 0. The number of methoxy groups -OCH3 is 1. The van der Waals surface area contributed by atoms with Crippen molar-refractivity contribution in [2.45, 2.75) is 59.7 Å². The standard InChI is InChI=1S/C40H48N2O6/c1-6-47-39(44)33-28-42-34(25-35(33)43)32-24-36(45-5)37(22-31(32)23-38(42)40(2,3)4)48-20-13-19-46-21-18-41(26-29-14-9-7-10-15-29)27-30-16-11-8-12-17-30/h7-12,14-17,22,24-25,28,38H,6,13,18-21,23,26-27H2,1-5H3. The monoisotopic (exact) mass is 652 g/mol. The largest absolute Gasteiger partial charge is 0.493 e. The minimum atomic E-state index is -0.599. The molecule has 2 heterocycles. The number of hydrogen-bond acceptors (Lipinski definition) is 7. The summed E-state index contributed by atoms with van der Waals surface area (Å²) in [6.07, 6.45) is 3.11. The summed E-state index contributed by atoms with van der Waals surface area (Å²) in [4.78, 5) is 28.0. The van der Waals surface area contributed by atoms with E-state index in [2.05, 4.69) is 74.2 Å². The molecule has 8 heteroatoms. The highest BCUT2D eigenvalue weighted by Gasteiger charge is 2.34. The van der Waals surface area contributed by atoms with Gasteiger partial charge in [0.05, 0.1) is 32.6 Å². The number of carbonyl (C=O) groups is 1. The van der Waals surface area contributed by atoms with Crippen LogP contribution < -0.4 is 14.9 Å². The van der Waals surface area contributed by atoms with E-state index >= 15 is 0 Å². The fourth-order valence-corrected chi connectivity index (χ4v) is 6.23. The zero-order chi connectivity index (χ0) is 34.1. The van der Waals surface area contributed by atoms with Gasteiger partial charge in [-0.15, -0.1) is 0 Å². The smallest absolute Gasteiger partial charge is 0.343 e. The van der Waals surface area contributed by atoms with Crippen molar-refractivity contribution >= 4 is 5.97 Å². The Labute approximate surface area is 284 Å². The lowest BCUT2D eigenvalue weighted by atomic mass is 9.78. The van der Waals surface area contributed by atoms with E-state index in [1.807, 2.05) is 28.8 Å². The highest BCUT2D eigenvalue weighted by Crippen LogP contribution is 2.45. The number of benzene rings is 3. The van der Waals surface area contributed by atoms with E-state index in [-0.39, 0.29) is 29.1 Å². The van der Waals surface area contributed by atoms with E-state index in [1.54, 1.807) is 26.3 Å². The van der Waals surface area contributed by atoms with Crippen LogP contribution in [0.4, 0.5) is 0 Å². The molecule has 1 atom stereocenters. The van der Waals surface area contributed by atoms with E-state index < -0.39 is 5.97 Å². The highest BCUT2D eigenvalue weighted by atomic mass is 16.5. The summed E-state index contributed by atoms with van der Waals surface area (Å²) in [5.74, 6) is 0.660.